The molecule has 8 heavy (non-hydrogen) atoms. The molecule has 0 N–H and O–H groups in total. The molecule has 1 nitrogen and oxygen atoms in total. The van der Waals surface area contributed by atoms with Crippen molar-refractivity contribution >= 4 is 7.27 Å². The molecule has 1 heterocycles. The average molecular weight is 118 g/mol. The summed E-state index contributed by atoms with van der Waals surface area (Å²) < 4.78 is 27.4. The zero-order valence-electron chi connectivity index (χ0n) is 4.23. The van der Waals surface area contributed by atoms with Crippen LogP contribution in [0.2, 0.25) is 0 Å². The largest absolute Gasteiger partial charge is 0.565 e. The Hall–Kier alpha value is -0.375. The second kappa shape index (κ2) is 2.26. The quantitative estimate of drug-likeness (QED) is 0.465. The molecule has 0 atom stereocenters. The Morgan fingerprint density at radius 2 is 2.12 bits per heavy atom. The van der Waals surface area contributed by atoms with Crippen molar-refractivity contribution in [2.45, 2.75) is 0 Å². The van der Waals surface area contributed by atoms with Crippen LogP contribution in [0.4, 0.5) is 8.63 Å². The van der Waals surface area contributed by atoms with Crippen molar-refractivity contribution in [3.63, 3.8) is 0 Å². The van der Waals surface area contributed by atoms with Crippen LogP contribution in [0.3, 0.4) is 0 Å². The first-order valence-electron chi connectivity index (χ1n) is 2.34. The number of rotatable bonds is 1. The van der Waals surface area contributed by atoms with Crippen molar-refractivity contribution in [1.82, 2.24) is 0 Å². The van der Waals surface area contributed by atoms with Gasteiger partial charge >= 0.3 is 7.27 Å². The molecule has 44 valence electrons. The fourth-order valence-electron chi connectivity index (χ4n) is 0.494. The summed E-state index contributed by atoms with van der Waals surface area (Å²) in [4.78, 5) is 0. The Morgan fingerprint density at radius 3 is 2.25 bits per heavy atom. The Labute approximate surface area is 46.5 Å². The van der Waals surface area contributed by atoms with Gasteiger partial charge in [-0.1, -0.05) is 0 Å². The van der Waals surface area contributed by atoms with Crippen molar-refractivity contribution in [3.05, 3.63) is 11.5 Å². The van der Waals surface area contributed by atoms with Gasteiger partial charge in [0.1, 0.15) is 0 Å². The average Bonchev–Trinajstić information content (AvgIpc) is 1.55. The Bertz CT molecular complexity index is 107. The van der Waals surface area contributed by atoms with Gasteiger partial charge < -0.3 is 4.74 Å². The van der Waals surface area contributed by atoms with E-state index in [1.165, 1.54) is 0 Å². The van der Waals surface area contributed by atoms with Crippen molar-refractivity contribution in [1.29, 1.82) is 0 Å². The molecule has 0 bridgehead atoms. The Kier molecular flexibility index (Phi) is 1.63. The number of ether oxygens (including phenoxy) is 1. The van der Waals surface area contributed by atoms with Gasteiger partial charge in [-0.25, -0.2) is 0 Å². The lowest BCUT2D eigenvalue weighted by Gasteiger charge is -2.16. The molecule has 1 saturated heterocycles. The monoisotopic (exact) mass is 118 g/mol. The third-order valence-electron chi connectivity index (χ3n) is 0.937. The van der Waals surface area contributed by atoms with Gasteiger partial charge in [-0.3, -0.25) is 8.63 Å². The van der Waals surface area contributed by atoms with Crippen LogP contribution in [0.25, 0.3) is 0 Å². The Balaban J connectivity index is 2.30. The van der Waals surface area contributed by atoms with E-state index in [1.54, 1.807) is 0 Å². The highest BCUT2D eigenvalue weighted by Gasteiger charge is 2.14. The van der Waals surface area contributed by atoms with Crippen molar-refractivity contribution in [2.75, 3.05) is 13.2 Å². The first kappa shape index (κ1) is 5.76. The molecule has 0 saturated carbocycles. The minimum atomic E-state index is -2.31. The van der Waals surface area contributed by atoms with Gasteiger partial charge in [-0.15, -0.1) is 0 Å². The van der Waals surface area contributed by atoms with Crippen LogP contribution in [0.5, 0.6) is 0 Å². The fraction of sp³-hybridized carbons (Fsp3) is 0.500. The highest BCUT2D eigenvalue weighted by Crippen LogP contribution is 2.08. The van der Waals surface area contributed by atoms with Gasteiger partial charge in [0.05, 0.1) is 13.2 Å². The summed E-state index contributed by atoms with van der Waals surface area (Å²) in [5, 5.41) is 0. The van der Waals surface area contributed by atoms with E-state index in [9.17, 15) is 8.63 Å². The molecule has 0 aliphatic carbocycles. The van der Waals surface area contributed by atoms with E-state index in [-0.39, 0.29) is 0 Å². The van der Waals surface area contributed by atoms with E-state index in [1.807, 2.05) is 0 Å². The maximum absolute atomic E-state index is 11.4. The van der Waals surface area contributed by atoms with Gasteiger partial charge in [0.2, 0.25) is 0 Å². The number of halogens is 2. The van der Waals surface area contributed by atoms with Crippen molar-refractivity contribution in [3.8, 4) is 0 Å². The van der Waals surface area contributed by atoms with Crippen LogP contribution in [0, 0.1) is 0 Å². The second-order valence-corrected chi connectivity index (χ2v) is 1.65. The van der Waals surface area contributed by atoms with E-state index in [4.69, 9.17) is 0 Å². The molecule has 1 aliphatic heterocycles. The minimum absolute atomic E-state index is 0.393. The molecule has 0 amide bonds. The molecule has 1 rings (SSSR count). The summed E-state index contributed by atoms with van der Waals surface area (Å²) in [5.74, 6) is 0.934. The van der Waals surface area contributed by atoms with Crippen LogP contribution < -0.4 is 0 Å². The standard InChI is InChI=1S/C4H5BF2O/c6-5(7)1-4-2-8-3-4/h1H,2-3H2. The van der Waals surface area contributed by atoms with E-state index < -0.39 is 7.27 Å². The summed E-state index contributed by atoms with van der Waals surface area (Å²) in [6.07, 6.45) is 0. The molecule has 0 spiro atoms. The lowest BCUT2D eigenvalue weighted by atomic mass is 9.94. The second-order valence-electron chi connectivity index (χ2n) is 1.65. The number of hydrogen-bond acceptors (Lipinski definition) is 1. The molecule has 0 aromatic rings. The fourth-order valence-corrected chi connectivity index (χ4v) is 0.494. The summed E-state index contributed by atoms with van der Waals surface area (Å²) in [5.41, 5.74) is 0.708. The predicted octanol–water partition coefficient (Wildman–Crippen LogP) is 0.909. The lowest BCUT2D eigenvalue weighted by Crippen LogP contribution is -2.17. The molecular weight excluding hydrogens is 113 g/mol. The molecule has 0 radical (unpaired) electrons. The summed E-state index contributed by atoms with van der Waals surface area (Å²) in [7, 11) is -2.31. The summed E-state index contributed by atoms with van der Waals surface area (Å²) >= 11 is 0. The van der Waals surface area contributed by atoms with Gasteiger partial charge in [-0.2, -0.15) is 0 Å². The normalized spacial score (nSPS) is 17.5. The molecule has 4 heteroatoms. The van der Waals surface area contributed by atoms with E-state index in [0.717, 1.165) is 5.98 Å². The SMILES string of the molecule is FB(F)C=C1COC1. The molecular formula is C4H5BF2O. The highest BCUT2D eigenvalue weighted by atomic mass is 19.2. The molecule has 1 aliphatic rings. The maximum Gasteiger partial charge on any atom is 0.565 e. The first-order valence-corrected chi connectivity index (χ1v) is 2.34. The third-order valence-corrected chi connectivity index (χ3v) is 0.937. The zero-order valence-corrected chi connectivity index (χ0v) is 4.23. The summed E-state index contributed by atoms with van der Waals surface area (Å²) in [6.45, 7) is 0.786. The van der Waals surface area contributed by atoms with Crippen LogP contribution in [0.15, 0.2) is 11.5 Å². The molecule has 0 aromatic carbocycles. The highest BCUT2D eigenvalue weighted by molar-refractivity contribution is 6.49. The van der Waals surface area contributed by atoms with Crippen LogP contribution in [0.1, 0.15) is 0 Å². The number of hydrogen-bond donors (Lipinski definition) is 0. The summed E-state index contributed by atoms with van der Waals surface area (Å²) in [6, 6.07) is 0. The molecule has 0 aromatic heterocycles. The third kappa shape index (κ3) is 1.30. The van der Waals surface area contributed by atoms with E-state index in [0.29, 0.717) is 18.8 Å². The van der Waals surface area contributed by atoms with Gasteiger partial charge in [0, 0.05) is 0 Å². The predicted molar refractivity (Wildman–Crippen MR) is 26.9 cm³/mol. The van der Waals surface area contributed by atoms with Crippen molar-refractivity contribution in [2.24, 2.45) is 0 Å². The topological polar surface area (TPSA) is 9.23 Å². The van der Waals surface area contributed by atoms with Crippen LogP contribution in [-0.4, -0.2) is 20.5 Å². The smallest absolute Gasteiger partial charge is 0.373 e. The zero-order chi connectivity index (χ0) is 5.98. The molecule has 0 unspecified atom stereocenters. The van der Waals surface area contributed by atoms with Gasteiger partial charge in [-0.05, 0) is 11.5 Å². The van der Waals surface area contributed by atoms with E-state index >= 15 is 0 Å². The van der Waals surface area contributed by atoms with Crippen LogP contribution in [-0.2, 0) is 4.74 Å². The minimum Gasteiger partial charge on any atom is -0.373 e. The van der Waals surface area contributed by atoms with E-state index in [2.05, 4.69) is 4.74 Å². The Morgan fingerprint density at radius 1 is 1.50 bits per heavy atom. The molecule has 1 fully saturated rings. The van der Waals surface area contributed by atoms with Crippen LogP contribution >= 0.6 is 0 Å². The maximum atomic E-state index is 11.4. The van der Waals surface area contributed by atoms with Gasteiger partial charge in [0.15, 0.2) is 0 Å². The first-order chi connectivity index (χ1) is 3.79. The van der Waals surface area contributed by atoms with Crippen molar-refractivity contribution < 1.29 is 13.4 Å². The van der Waals surface area contributed by atoms with Gasteiger partial charge in [0.25, 0.3) is 0 Å². The lowest BCUT2D eigenvalue weighted by molar-refractivity contribution is 0.103.